The molecule has 0 radical (unpaired) electrons. The second-order valence-electron chi connectivity index (χ2n) is 1.91. The average Bonchev–Trinajstić information content (AvgIpc) is 1.61. The summed E-state index contributed by atoms with van der Waals surface area (Å²) in [5.74, 6) is 0. The van der Waals surface area contributed by atoms with Crippen molar-refractivity contribution in [2.45, 2.75) is 5.67 Å². The second-order valence-corrected chi connectivity index (χ2v) is 1.91. The lowest BCUT2D eigenvalue weighted by atomic mass is 10.0. The molecule has 1 rings (SSSR count). The quantitative estimate of drug-likeness (QED) is 0.526. The summed E-state index contributed by atoms with van der Waals surface area (Å²) in [7, 11) is 0. The third-order valence-corrected chi connectivity index (χ3v) is 1.17. The zero-order valence-corrected chi connectivity index (χ0v) is 5.17. The highest BCUT2D eigenvalue weighted by atomic mass is 35.5. The lowest BCUT2D eigenvalue weighted by Gasteiger charge is -2.32. The van der Waals surface area contributed by atoms with Gasteiger partial charge in [-0.1, -0.05) is 0 Å². The van der Waals surface area contributed by atoms with Gasteiger partial charge in [0.25, 0.3) is 0 Å². The van der Waals surface area contributed by atoms with Gasteiger partial charge < -0.3 is 10.4 Å². The van der Waals surface area contributed by atoms with Crippen LogP contribution in [0.2, 0.25) is 0 Å². The van der Waals surface area contributed by atoms with Crippen LogP contribution in [0.5, 0.6) is 0 Å². The van der Waals surface area contributed by atoms with Gasteiger partial charge in [0.05, 0.1) is 6.61 Å². The fraction of sp³-hybridized carbons (Fsp3) is 1.00. The second kappa shape index (κ2) is 2.62. The lowest BCUT2D eigenvalue weighted by molar-refractivity contribution is 0.0240. The molecule has 0 saturated carbocycles. The first-order valence-electron chi connectivity index (χ1n) is 2.27. The Morgan fingerprint density at radius 1 is 1.62 bits per heavy atom. The normalized spacial score (nSPS) is 23.2. The van der Waals surface area contributed by atoms with Crippen molar-refractivity contribution < 1.29 is 9.50 Å². The van der Waals surface area contributed by atoms with E-state index < -0.39 is 5.67 Å². The van der Waals surface area contributed by atoms with E-state index in [1.165, 1.54) is 0 Å². The first-order chi connectivity index (χ1) is 3.27. The van der Waals surface area contributed by atoms with E-state index in [1.807, 2.05) is 0 Å². The maximum Gasteiger partial charge on any atom is 0.158 e. The number of aliphatic hydroxyl groups is 1. The van der Waals surface area contributed by atoms with Crippen LogP contribution in [0.4, 0.5) is 4.39 Å². The average molecular weight is 142 g/mol. The maximum absolute atomic E-state index is 12.3. The van der Waals surface area contributed by atoms with Crippen molar-refractivity contribution in [3.63, 3.8) is 0 Å². The molecular formula is C4H9ClFNO. The fourth-order valence-electron chi connectivity index (χ4n) is 0.508. The molecule has 0 atom stereocenters. The number of hydrogen-bond donors (Lipinski definition) is 2. The van der Waals surface area contributed by atoms with Gasteiger partial charge in [0.15, 0.2) is 5.67 Å². The van der Waals surface area contributed by atoms with E-state index in [2.05, 4.69) is 5.32 Å². The van der Waals surface area contributed by atoms with Crippen LogP contribution in [0.1, 0.15) is 0 Å². The van der Waals surface area contributed by atoms with E-state index in [-0.39, 0.29) is 19.0 Å². The number of halogens is 2. The summed E-state index contributed by atoms with van der Waals surface area (Å²) in [5.41, 5.74) is -1.29. The van der Waals surface area contributed by atoms with Gasteiger partial charge >= 0.3 is 0 Å². The molecule has 50 valence electrons. The van der Waals surface area contributed by atoms with E-state index in [0.717, 1.165) is 0 Å². The highest BCUT2D eigenvalue weighted by Crippen LogP contribution is 2.13. The monoisotopic (exact) mass is 141 g/mol. The molecular weight excluding hydrogens is 133 g/mol. The molecule has 8 heavy (non-hydrogen) atoms. The van der Waals surface area contributed by atoms with Crippen molar-refractivity contribution in [3.8, 4) is 0 Å². The molecule has 0 aromatic carbocycles. The fourth-order valence-corrected chi connectivity index (χ4v) is 0.508. The Labute approximate surface area is 53.5 Å². The first kappa shape index (κ1) is 8.14. The lowest BCUT2D eigenvalue weighted by Crippen LogP contribution is -2.58. The molecule has 1 aliphatic heterocycles. The summed E-state index contributed by atoms with van der Waals surface area (Å²) in [6.07, 6.45) is 0. The van der Waals surface area contributed by atoms with E-state index in [4.69, 9.17) is 5.11 Å². The smallest absolute Gasteiger partial charge is 0.158 e. The standard InChI is InChI=1S/C4H8FNO.ClH/c5-4(3-7)1-6-2-4;/h6-7H,1-3H2;1H. The molecule has 0 unspecified atom stereocenters. The van der Waals surface area contributed by atoms with Crippen molar-refractivity contribution in [2.24, 2.45) is 0 Å². The summed E-state index contributed by atoms with van der Waals surface area (Å²) in [6, 6.07) is 0. The number of nitrogens with one attached hydrogen (secondary N) is 1. The van der Waals surface area contributed by atoms with Crippen LogP contribution in [0, 0.1) is 0 Å². The summed E-state index contributed by atoms with van der Waals surface area (Å²) >= 11 is 0. The van der Waals surface area contributed by atoms with E-state index in [0.29, 0.717) is 13.1 Å². The van der Waals surface area contributed by atoms with Crippen LogP contribution in [0.3, 0.4) is 0 Å². The van der Waals surface area contributed by atoms with Gasteiger partial charge in [-0.05, 0) is 0 Å². The zero-order chi connectivity index (χ0) is 5.33. The summed E-state index contributed by atoms with van der Waals surface area (Å²) in [4.78, 5) is 0. The number of hydrogen-bond acceptors (Lipinski definition) is 2. The van der Waals surface area contributed by atoms with Crippen LogP contribution in [0.25, 0.3) is 0 Å². The summed E-state index contributed by atoms with van der Waals surface area (Å²) < 4.78 is 12.3. The van der Waals surface area contributed by atoms with Crippen LogP contribution < -0.4 is 5.32 Å². The Balaban J connectivity index is 0.000000490. The number of alkyl halides is 1. The van der Waals surface area contributed by atoms with Crippen molar-refractivity contribution in [2.75, 3.05) is 19.7 Å². The molecule has 4 heteroatoms. The predicted molar refractivity (Wildman–Crippen MR) is 31.0 cm³/mol. The Bertz CT molecular complexity index is 70.9. The molecule has 2 N–H and O–H groups in total. The summed E-state index contributed by atoms with van der Waals surface area (Å²) in [6.45, 7) is 0.271. The highest BCUT2D eigenvalue weighted by Gasteiger charge is 2.35. The van der Waals surface area contributed by atoms with Crippen molar-refractivity contribution in [1.82, 2.24) is 5.32 Å². The van der Waals surface area contributed by atoms with E-state index in [1.54, 1.807) is 0 Å². The predicted octanol–water partition coefficient (Wildman–Crippen LogP) is -0.288. The Morgan fingerprint density at radius 3 is 2.12 bits per heavy atom. The molecule has 1 aliphatic rings. The minimum Gasteiger partial charge on any atom is -0.393 e. The molecule has 1 heterocycles. The molecule has 0 spiro atoms. The van der Waals surface area contributed by atoms with Crippen molar-refractivity contribution in [3.05, 3.63) is 0 Å². The first-order valence-corrected chi connectivity index (χ1v) is 2.27. The van der Waals surface area contributed by atoms with Crippen molar-refractivity contribution >= 4 is 12.4 Å². The van der Waals surface area contributed by atoms with Crippen molar-refractivity contribution in [1.29, 1.82) is 0 Å². The van der Waals surface area contributed by atoms with Gasteiger partial charge in [-0.3, -0.25) is 0 Å². The van der Waals surface area contributed by atoms with E-state index >= 15 is 0 Å². The molecule has 0 amide bonds. The van der Waals surface area contributed by atoms with Crippen LogP contribution >= 0.6 is 12.4 Å². The third kappa shape index (κ3) is 1.31. The Hall–Kier alpha value is 0.140. The molecule has 0 aliphatic carbocycles. The molecule has 0 bridgehead atoms. The van der Waals surface area contributed by atoms with Gasteiger partial charge in [-0.25, -0.2) is 4.39 Å². The summed E-state index contributed by atoms with van der Waals surface area (Å²) in [5, 5.41) is 10.9. The molecule has 1 fully saturated rings. The third-order valence-electron chi connectivity index (χ3n) is 1.17. The van der Waals surface area contributed by atoms with Crippen LogP contribution in [-0.2, 0) is 0 Å². The molecule has 0 aromatic rings. The molecule has 2 nitrogen and oxygen atoms in total. The largest absolute Gasteiger partial charge is 0.393 e. The van der Waals surface area contributed by atoms with Gasteiger partial charge in [-0.2, -0.15) is 0 Å². The van der Waals surface area contributed by atoms with Gasteiger partial charge in [0, 0.05) is 13.1 Å². The minimum atomic E-state index is -1.29. The Morgan fingerprint density at radius 2 is 2.12 bits per heavy atom. The van der Waals surface area contributed by atoms with Gasteiger partial charge in [-0.15, -0.1) is 12.4 Å². The molecule has 0 aromatic heterocycles. The van der Waals surface area contributed by atoms with Gasteiger partial charge in [0.1, 0.15) is 0 Å². The minimum absolute atomic E-state index is 0. The highest BCUT2D eigenvalue weighted by molar-refractivity contribution is 5.85. The zero-order valence-electron chi connectivity index (χ0n) is 4.35. The number of aliphatic hydroxyl groups excluding tert-OH is 1. The van der Waals surface area contributed by atoms with E-state index in [9.17, 15) is 4.39 Å². The number of rotatable bonds is 1. The SMILES string of the molecule is Cl.OCC1(F)CNC1. The topological polar surface area (TPSA) is 32.3 Å². The van der Waals surface area contributed by atoms with Crippen LogP contribution in [-0.4, -0.2) is 30.5 Å². The van der Waals surface area contributed by atoms with Gasteiger partial charge in [0.2, 0.25) is 0 Å². The maximum atomic E-state index is 12.3. The van der Waals surface area contributed by atoms with Crippen LogP contribution in [0.15, 0.2) is 0 Å². The Kier molecular flexibility index (Phi) is 2.66. The molecule has 1 saturated heterocycles.